The quantitative estimate of drug-likeness (QED) is 0.429. The van der Waals surface area contributed by atoms with Gasteiger partial charge in [0.1, 0.15) is 5.82 Å². The molecule has 2 rings (SSSR count). The number of nitrogens with zero attached hydrogens (tertiary/aromatic N) is 3. The fourth-order valence-electron chi connectivity index (χ4n) is 3.20. The Bertz CT molecular complexity index is 805. The maximum Gasteiger partial charge on any atom is 0.212 e. The molecular formula is C20H34N6O2S. The summed E-state index contributed by atoms with van der Waals surface area (Å²) in [5.41, 5.74) is 1.16. The van der Waals surface area contributed by atoms with Crippen LogP contribution in [0.15, 0.2) is 30.3 Å². The second kappa shape index (κ2) is 12.0. The lowest BCUT2D eigenvalue weighted by atomic mass is 10.1. The summed E-state index contributed by atoms with van der Waals surface area (Å²) in [4.78, 5) is 6.69. The van der Waals surface area contributed by atoms with Gasteiger partial charge in [-0.1, -0.05) is 44.2 Å². The van der Waals surface area contributed by atoms with Gasteiger partial charge in [-0.05, 0) is 51.5 Å². The minimum absolute atomic E-state index is 0.100. The van der Waals surface area contributed by atoms with Crippen LogP contribution in [-0.2, 0) is 23.0 Å². The van der Waals surface area contributed by atoms with Gasteiger partial charge in [0.25, 0.3) is 0 Å². The summed E-state index contributed by atoms with van der Waals surface area (Å²) in [6.07, 6.45) is 1.95. The molecule has 29 heavy (non-hydrogen) atoms. The maximum absolute atomic E-state index is 12.7. The molecule has 1 aromatic carbocycles. The van der Waals surface area contributed by atoms with Gasteiger partial charge in [-0.2, -0.15) is 5.10 Å². The number of aromatic amines is 1. The van der Waals surface area contributed by atoms with E-state index in [0.29, 0.717) is 31.0 Å². The summed E-state index contributed by atoms with van der Waals surface area (Å²) in [5.74, 6) is 1.27. The molecule has 2 aromatic rings. The lowest BCUT2D eigenvalue weighted by Crippen LogP contribution is -2.33. The Morgan fingerprint density at radius 3 is 2.55 bits per heavy atom. The number of benzene rings is 1. The number of H-pyrrole nitrogens is 1. The van der Waals surface area contributed by atoms with Gasteiger partial charge in [0, 0.05) is 0 Å². The first-order valence-corrected chi connectivity index (χ1v) is 11.9. The van der Waals surface area contributed by atoms with E-state index in [1.165, 1.54) is 0 Å². The van der Waals surface area contributed by atoms with E-state index in [2.05, 4.69) is 44.0 Å². The molecular weight excluding hydrogens is 388 g/mol. The predicted octanol–water partition coefficient (Wildman–Crippen LogP) is 1.85. The summed E-state index contributed by atoms with van der Waals surface area (Å²) in [5, 5.41) is 10.1. The topological polar surface area (TPSA) is 103 Å². The van der Waals surface area contributed by atoms with Gasteiger partial charge in [0.05, 0.1) is 18.3 Å². The summed E-state index contributed by atoms with van der Waals surface area (Å²) in [6, 6.07) is 9.60. The molecule has 0 aliphatic heterocycles. The van der Waals surface area contributed by atoms with E-state index in [0.717, 1.165) is 31.6 Å². The molecule has 0 amide bonds. The number of hydrogen-bond donors (Lipinski definition) is 3. The van der Waals surface area contributed by atoms with Gasteiger partial charge in [-0.25, -0.2) is 18.1 Å². The van der Waals surface area contributed by atoms with Crippen LogP contribution in [0.3, 0.4) is 0 Å². The van der Waals surface area contributed by atoms with E-state index in [9.17, 15) is 8.42 Å². The standard InChI is InChI=1S/C20H34N6O2S/c1-4-26(5-2)14-9-15-29(27,28)25-18(13-12-17-10-7-6-8-11-17)20-22-19(16-21-3)23-24-20/h6-8,10-11,18,21,25H,4-5,9,12-16H2,1-3H3,(H,22,23,24)/t18-/m1/s1. The van der Waals surface area contributed by atoms with Crippen molar-refractivity contribution >= 4 is 10.0 Å². The molecule has 0 unspecified atom stereocenters. The number of nitrogens with one attached hydrogen (secondary N) is 3. The number of rotatable bonds is 14. The first-order valence-electron chi connectivity index (χ1n) is 10.3. The fraction of sp³-hybridized carbons (Fsp3) is 0.600. The maximum atomic E-state index is 12.7. The molecule has 1 aromatic heterocycles. The van der Waals surface area contributed by atoms with E-state index in [-0.39, 0.29) is 5.75 Å². The van der Waals surface area contributed by atoms with Gasteiger partial charge in [-0.15, -0.1) is 0 Å². The minimum atomic E-state index is -3.43. The number of aryl methyl sites for hydroxylation is 1. The molecule has 9 heteroatoms. The smallest absolute Gasteiger partial charge is 0.212 e. The molecule has 0 spiro atoms. The van der Waals surface area contributed by atoms with Crippen LogP contribution in [0.5, 0.6) is 0 Å². The molecule has 1 atom stereocenters. The molecule has 162 valence electrons. The zero-order valence-electron chi connectivity index (χ0n) is 17.7. The van der Waals surface area contributed by atoms with Gasteiger partial charge < -0.3 is 10.2 Å². The van der Waals surface area contributed by atoms with E-state index >= 15 is 0 Å². The van der Waals surface area contributed by atoms with Crippen molar-refractivity contribution in [1.82, 2.24) is 30.1 Å². The van der Waals surface area contributed by atoms with Gasteiger partial charge in [-0.3, -0.25) is 5.10 Å². The summed E-state index contributed by atoms with van der Waals surface area (Å²) in [7, 11) is -1.61. The second-order valence-corrected chi connectivity index (χ2v) is 8.93. The van der Waals surface area contributed by atoms with E-state index < -0.39 is 16.1 Å². The highest BCUT2D eigenvalue weighted by Crippen LogP contribution is 2.18. The van der Waals surface area contributed by atoms with Crippen molar-refractivity contribution < 1.29 is 8.42 Å². The van der Waals surface area contributed by atoms with E-state index in [1.54, 1.807) is 0 Å². The third-order valence-corrected chi connectivity index (χ3v) is 6.35. The van der Waals surface area contributed by atoms with Crippen LogP contribution in [0, 0.1) is 0 Å². The molecule has 0 radical (unpaired) electrons. The number of hydrogen-bond acceptors (Lipinski definition) is 6. The minimum Gasteiger partial charge on any atom is -0.313 e. The second-order valence-electron chi connectivity index (χ2n) is 7.06. The largest absolute Gasteiger partial charge is 0.313 e. The van der Waals surface area contributed by atoms with Gasteiger partial charge >= 0.3 is 0 Å². The third kappa shape index (κ3) is 8.22. The summed E-state index contributed by atoms with van der Waals surface area (Å²) < 4.78 is 28.3. The molecule has 0 saturated heterocycles. The lowest BCUT2D eigenvalue weighted by molar-refractivity contribution is 0.304. The lowest BCUT2D eigenvalue weighted by Gasteiger charge is -2.19. The summed E-state index contributed by atoms with van der Waals surface area (Å²) >= 11 is 0. The Hall–Kier alpha value is -1.81. The SMILES string of the molecule is CCN(CC)CCCS(=O)(=O)N[C@H](CCc1ccccc1)c1nc(CNC)n[nH]1. The number of sulfonamides is 1. The van der Waals surface area contributed by atoms with Crippen LogP contribution >= 0.6 is 0 Å². The Morgan fingerprint density at radius 1 is 1.17 bits per heavy atom. The Kier molecular flexibility index (Phi) is 9.72. The van der Waals surface area contributed by atoms with Gasteiger partial charge in [0.2, 0.25) is 10.0 Å². The van der Waals surface area contributed by atoms with Crippen LogP contribution in [0.4, 0.5) is 0 Å². The third-order valence-electron chi connectivity index (χ3n) is 4.88. The fourth-order valence-corrected chi connectivity index (χ4v) is 4.49. The molecule has 3 N–H and O–H groups in total. The number of aromatic nitrogens is 3. The van der Waals surface area contributed by atoms with Crippen molar-refractivity contribution in [3.63, 3.8) is 0 Å². The van der Waals surface area contributed by atoms with Crippen molar-refractivity contribution in [2.24, 2.45) is 0 Å². The molecule has 1 heterocycles. The first kappa shape index (κ1) is 23.5. The van der Waals surface area contributed by atoms with Crippen LogP contribution in [-0.4, -0.2) is 60.9 Å². The van der Waals surface area contributed by atoms with Crippen LogP contribution in [0.2, 0.25) is 0 Å². The van der Waals surface area contributed by atoms with Crippen LogP contribution < -0.4 is 10.0 Å². The molecule has 8 nitrogen and oxygen atoms in total. The van der Waals surface area contributed by atoms with E-state index in [1.807, 2.05) is 37.4 Å². The van der Waals surface area contributed by atoms with Crippen molar-refractivity contribution in [2.45, 2.75) is 45.7 Å². The molecule has 0 aliphatic rings. The van der Waals surface area contributed by atoms with Crippen LogP contribution in [0.25, 0.3) is 0 Å². The zero-order chi connectivity index (χ0) is 21.1. The van der Waals surface area contributed by atoms with Crippen LogP contribution in [0.1, 0.15) is 49.9 Å². The Morgan fingerprint density at radius 2 is 1.90 bits per heavy atom. The molecule has 0 saturated carbocycles. The monoisotopic (exact) mass is 422 g/mol. The van der Waals surface area contributed by atoms with Crippen molar-refractivity contribution in [3.05, 3.63) is 47.5 Å². The Labute approximate surface area is 174 Å². The van der Waals surface area contributed by atoms with Crippen molar-refractivity contribution in [2.75, 3.05) is 32.4 Å². The van der Waals surface area contributed by atoms with Crippen molar-refractivity contribution in [3.8, 4) is 0 Å². The van der Waals surface area contributed by atoms with E-state index in [4.69, 9.17) is 0 Å². The molecule has 0 aliphatic carbocycles. The van der Waals surface area contributed by atoms with Crippen molar-refractivity contribution in [1.29, 1.82) is 0 Å². The molecule has 0 bridgehead atoms. The summed E-state index contributed by atoms with van der Waals surface area (Å²) in [6.45, 7) is 7.33. The average molecular weight is 423 g/mol. The highest BCUT2D eigenvalue weighted by molar-refractivity contribution is 7.89. The molecule has 0 fully saturated rings. The Balaban J connectivity index is 2.04. The highest BCUT2D eigenvalue weighted by atomic mass is 32.2. The average Bonchev–Trinajstić information content (AvgIpc) is 3.18. The predicted molar refractivity (Wildman–Crippen MR) is 116 cm³/mol. The highest BCUT2D eigenvalue weighted by Gasteiger charge is 2.22. The normalized spacial score (nSPS) is 13.1. The first-order chi connectivity index (χ1) is 14.0. The zero-order valence-corrected chi connectivity index (χ0v) is 18.5. The van der Waals surface area contributed by atoms with Gasteiger partial charge in [0.15, 0.2) is 5.82 Å².